The van der Waals surface area contributed by atoms with Crippen molar-refractivity contribution in [2.75, 3.05) is 11.0 Å². The van der Waals surface area contributed by atoms with Gasteiger partial charge in [0.15, 0.2) is 0 Å². The average Bonchev–Trinajstić information content (AvgIpc) is 2.99. The fourth-order valence-electron chi connectivity index (χ4n) is 3.21. The molecule has 3 aromatic carbocycles. The summed E-state index contributed by atoms with van der Waals surface area (Å²) >= 11 is 0. The molecule has 5 nitrogen and oxygen atoms in total. The highest BCUT2D eigenvalue weighted by Gasteiger charge is 2.14. The highest BCUT2D eigenvalue weighted by atomic mass is 32.2. The van der Waals surface area contributed by atoms with Crippen molar-refractivity contribution in [3.63, 3.8) is 0 Å². The van der Waals surface area contributed by atoms with E-state index >= 15 is 0 Å². The van der Waals surface area contributed by atoms with Crippen LogP contribution in [-0.2, 0) is 16.6 Å². The van der Waals surface area contributed by atoms with Crippen molar-refractivity contribution >= 4 is 26.7 Å². The first-order valence-electron chi connectivity index (χ1n) is 8.67. The molecule has 1 aromatic heterocycles. The number of fused-ring (bicyclic) bond motifs is 1. The van der Waals surface area contributed by atoms with Gasteiger partial charge in [-0.3, -0.25) is 4.72 Å². The Hall–Kier alpha value is -3.19. The highest BCUT2D eigenvalue weighted by molar-refractivity contribution is 7.92. The Morgan fingerprint density at radius 1 is 1.00 bits per heavy atom. The van der Waals surface area contributed by atoms with Crippen molar-refractivity contribution in [3.05, 3.63) is 84.2 Å². The Morgan fingerprint density at radius 3 is 2.57 bits per heavy atom. The zero-order chi connectivity index (χ0) is 19.7. The number of para-hydroxylation sites is 2. The first kappa shape index (κ1) is 18.2. The third kappa shape index (κ3) is 3.89. The molecular formula is C21H18FN3O2S. The van der Waals surface area contributed by atoms with Gasteiger partial charge in [0.2, 0.25) is 10.0 Å². The molecule has 142 valence electrons. The number of hydrogen-bond donors (Lipinski definition) is 1. The lowest BCUT2D eigenvalue weighted by molar-refractivity contribution is 0.607. The second kappa shape index (κ2) is 7.09. The number of imidazole rings is 1. The van der Waals surface area contributed by atoms with Crippen molar-refractivity contribution in [1.82, 2.24) is 9.55 Å². The topological polar surface area (TPSA) is 64.0 Å². The number of aromatic nitrogens is 2. The normalized spacial score (nSPS) is 11.6. The van der Waals surface area contributed by atoms with Crippen LogP contribution in [0.2, 0.25) is 0 Å². The number of halogens is 1. The third-order valence-electron chi connectivity index (χ3n) is 4.31. The number of nitrogens with one attached hydrogen (secondary N) is 1. The fourth-order valence-corrected chi connectivity index (χ4v) is 3.76. The standard InChI is InChI=1S/C21H18FN3O2S/c1-28(26,27)24-18-9-5-7-16(13-18)21-23-19-10-2-3-11-20(19)25(21)14-15-6-4-8-17(22)12-15/h2-13,24H,14H2,1H3. The van der Waals surface area contributed by atoms with Gasteiger partial charge >= 0.3 is 0 Å². The first-order chi connectivity index (χ1) is 13.4. The van der Waals surface area contributed by atoms with Crippen molar-refractivity contribution in [1.29, 1.82) is 0 Å². The maximum atomic E-state index is 13.7. The van der Waals surface area contributed by atoms with Crippen molar-refractivity contribution in [2.45, 2.75) is 6.54 Å². The lowest BCUT2D eigenvalue weighted by Crippen LogP contribution is -2.09. The van der Waals surface area contributed by atoms with Crippen LogP contribution in [0.1, 0.15) is 5.56 Å². The summed E-state index contributed by atoms with van der Waals surface area (Å²) in [4.78, 5) is 4.73. The molecule has 0 amide bonds. The summed E-state index contributed by atoms with van der Waals surface area (Å²) in [6.07, 6.45) is 1.11. The van der Waals surface area contributed by atoms with Gasteiger partial charge in [-0.25, -0.2) is 17.8 Å². The van der Waals surface area contributed by atoms with Crippen LogP contribution in [0.3, 0.4) is 0 Å². The molecule has 0 spiro atoms. The van der Waals surface area contributed by atoms with Gasteiger partial charge in [0.1, 0.15) is 11.6 Å². The van der Waals surface area contributed by atoms with E-state index in [0.717, 1.165) is 28.4 Å². The molecule has 0 aliphatic carbocycles. The molecule has 0 unspecified atom stereocenters. The first-order valence-corrected chi connectivity index (χ1v) is 10.6. The predicted molar refractivity (Wildman–Crippen MR) is 109 cm³/mol. The van der Waals surface area contributed by atoms with E-state index in [2.05, 4.69) is 4.72 Å². The van der Waals surface area contributed by atoms with E-state index in [1.807, 2.05) is 41.0 Å². The molecule has 1 heterocycles. The molecule has 0 aliphatic heterocycles. The summed E-state index contributed by atoms with van der Waals surface area (Å²) in [5.74, 6) is 0.394. The minimum absolute atomic E-state index is 0.289. The molecule has 4 rings (SSSR count). The molecule has 0 radical (unpaired) electrons. The average molecular weight is 395 g/mol. The third-order valence-corrected chi connectivity index (χ3v) is 4.91. The summed E-state index contributed by atoms with van der Waals surface area (Å²) < 4.78 is 41.3. The van der Waals surface area contributed by atoms with Gasteiger partial charge in [-0.05, 0) is 42.0 Å². The Morgan fingerprint density at radius 2 is 1.79 bits per heavy atom. The molecule has 1 N–H and O–H groups in total. The maximum absolute atomic E-state index is 13.7. The lowest BCUT2D eigenvalue weighted by atomic mass is 10.1. The van der Waals surface area contributed by atoms with Gasteiger partial charge in [0, 0.05) is 17.8 Å². The van der Waals surface area contributed by atoms with Crippen molar-refractivity contribution in [2.24, 2.45) is 0 Å². The summed E-state index contributed by atoms with van der Waals surface area (Å²) in [7, 11) is -3.38. The number of nitrogens with zero attached hydrogens (tertiary/aromatic N) is 2. The SMILES string of the molecule is CS(=O)(=O)Nc1cccc(-c2nc3ccccc3n2Cc2cccc(F)c2)c1. The van der Waals surface area contributed by atoms with Crippen LogP contribution in [0.15, 0.2) is 72.8 Å². The van der Waals surface area contributed by atoms with Crippen molar-refractivity contribution in [3.8, 4) is 11.4 Å². The summed E-state index contributed by atoms with van der Waals surface area (Å²) in [6, 6.07) is 21.2. The van der Waals surface area contributed by atoms with Crippen LogP contribution in [0.25, 0.3) is 22.4 Å². The molecule has 0 aliphatic rings. The summed E-state index contributed by atoms with van der Waals surface area (Å²) in [5.41, 5.74) is 3.78. The molecule has 4 aromatic rings. The second-order valence-corrected chi connectivity index (χ2v) is 8.34. The minimum atomic E-state index is -3.38. The highest BCUT2D eigenvalue weighted by Crippen LogP contribution is 2.28. The van der Waals surface area contributed by atoms with Crippen molar-refractivity contribution < 1.29 is 12.8 Å². The molecule has 0 saturated carbocycles. The largest absolute Gasteiger partial charge is 0.319 e. The van der Waals surface area contributed by atoms with E-state index in [1.165, 1.54) is 12.1 Å². The van der Waals surface area contributed by atoms with Crippen LogP contribution in [0, 0.1) is 5.82 Å². The number of rotatable bonds is 5. The van der Waals surface area contributed by atoms with Gasteiger partial charge in [0.05, 0.1) is 17.3 Å². The lowest BCUT2D eigenvalue weighted by Gasteiger charge is -2.11. The molecule has 0 fully saturated rings. The molecule has 0 bridgehead atoms. The maximum Gasteiger partial charge on any atom is 0.229 e. The fraction of sp³-hybridized carbons (Fsp3) is 0.0952. The van der Waals surface area contributed by atoms with Gasteiger partial charge < -0.3 is 4.57 Å². The van der Waals surface area contributed by atoms with E-state index < -0.39 is 10.0 Å². The summed E-state index contributed by atoms with van der Waals surface area (Å²) in [6.45, 7) is 0.442. The van der Waals surface area contributed by atoms with E-state index in [4.69, 9.17) is 4.98 Å². The molecule has 0 atom stereocenters. The van der Waals surface area contributed by atoms with Crippen LogP contribution >= 0.6 is 0 Å². The van der Waals surface area contributed by atoms with Crippen LogP contribution in [-0.4, -0.2) is 24.2 Å². The van der Waals surface area contributed by atoms with E-state index in [-0.39, 0.29) is 5.82 Å². The number of sulfonamides is 1. The summed E-state index contributed by atoms with van der Waals surface area (Å²) in [5, 5.41) is 0. The minimum Gasteiger partial charge on any atom is -0.319 e. The van der Waals surface area contributed by atoms with Gasteiger partial charge in [-0.2, -0.15) is 0 Å². The van der Waals surface area contributed by atoms with Crippen LogP contribution < -0.4 is 4.72 Å². The number of anilines is 1. The molecule has 7 heteroatoms. The molecular weight excluding hydrogens is 377 g/mol. The van der Waals surface area contributed by atoms with Crippen LogP contribution in [0.4, 0.5) is 10.1 Å². The smallest absolute Gasteiger partial charge is 0.229 e. The number of hydrogen-bond acceptors (Lipinski definition) is 3. The van der Waals surface area contributed by atoms with Crippen LogP contribution in [0.5, 0.6) is 0 Å². The van der Waals surface area contributed by atoms with Gasteiger partial charge in [-0.15, -0.1) is 0 Å². The zero-order valence-electron chi connectivity index (χ0n) is 15.1. The van der Waals surface area contributed by atoms with Gasteiger partial charge in [0.25, 0.3) is 0 Å². The Balaban J connectivity index is 1.84. The molecule has 28 heavy (non-hydrogen) atoms. The van der Waals surface area contributed by atoms with Gasteiger partial charge in [-0.1, -0.05) is 36.4 Å². The van der Waals surface area contributed by atoms with E-state index in [0.29, 0.717) is 18.1 Å². The van der Waals surface area contributed by atoms with E-state index in [1.54, 1.807) is 24.3 Å². The zero-order valence-corrected chi connectivity index (χ0v) is 15.9. The predicted octanol–water partition coefficient (Wildman–Crippen LogP) is 4.26. The number of benzene rings is 3. The molecule has 0 saturated heterocycles. The van der Waals surface area contributed by atoms with E-state index in [9.17, 15) is 12.8 Å². The second-order valence-electron chi connectivity index (χ2n) is 6.60. The monoisotopic (exact) mass is 395 g/mol. The Labute approximate surface area is 162 Å². The quantitative estimate of drug-likeness (QED) is 0.549. The Bertz CT molecular complexity index is 1270. The Kier molecular flexibility index (Phi) is 4.60.